The molecule has 2 N–H and O–H groups in total. The van der Waals surface area contributed by atoms with E-state index in [0.29, 0.717) is 13.1 Å². The van der Waals surface area contributed by atoms with Crippen LogP contribution in [0.3, 0.4) is 0 Å². The first kappa shape index (κ1) is 17.5. The third-order valence-corrected chi connectivity index (χ3v) is 4.72. The number of aliphatic hydroxyl groups excluding tert-OH is 1. The van der Waals surface area contributed by atoms with Crippen LogP contribution in [0.2, 0.25) is 0 Å². The summed E-state index contributed by atoms with van der Waals surface area (Å²) in [6.07, 6.45) is 1.93. The fourth-order valence-corrected chi connectivity index (χ4v) is 3.42. The molecular weight excluding hydrogens is 316 g/mol. The SMILES string of the molecule is Cc1cc(C)n(-c2ccccc2CNC(=O)N2CCC[C@@H](CO)C2)n1. The molecular formula is C19H26N4O2. The molecule has 1 aliphatic heterocycles. The molecule has 3 rings (SSSR count). The Morgan fingerprint density at radius 1 is 1.36 bits per heavy atom. The molecule has 0 bridgehead atoms. The second-order valence-corrected chi connectivity index (χ2v) is 6.76. The van der Waals surface area contributed by atoms with Crippen molar-refractivity contribution in [2.75, 3.05) is 19.7 Å². The van der Waals surface area contributed by atoms with E-state index in [2.05, 4.69) is 10.4 Å². The number of carbonyl (C=O) groups excluding carboxylic acids is 1. The minimum atomic E-state index is -0.0682. The highest BCUT2D eigenvalue weighted by molar-refractivity contribution is 5.74. The fraction of sp³-hybridized carbons (Fsp3) is 0.474. The van der Waals surface area contributed by atoms with Gasteiger partial charge in [-0.15, -0.1) is 0 Å². The normalized spacial score (nSPS) is 17.6. The predicted molar refractivity (Wildman–Crippen MR) is 96.7 cm³/mol. The summed E-state index contributed by atoms with van der Waals surface area (Å²) in [6, 6.07) is 9.95. The number of likely N-dealkylation sites (tertiary alicyclic amines) is 1. The number of hydrogen-bond donors (Lipinski definition) is 2. The molecule has 2 heterocycles. The zero-order valence-electron chi connectivity index (χ0n) is 14.9. The van der Waals surface area contributed by atoms with E-state index in [1.54, 1.807) is 4.90 Å². The maximum Gasteiger partial charge on any atom is 0.317 e. The van der Waals surface area contributed by atoms with Gasteiger partial charge >= 0.3 is 6.03 Å². The summed E-state index contributed by atoms with van der Waals surface area (Å²) >= 11 is 0. The summed E-state index contributed by atoms with van der Waals surface area (Å²) in [6.45, 7) is 5.97. The third kappa shape index (κ3) is 4.02. The number of hydrogen-bond acceptors (Lipinski definition) is 3. The first-order valence-electron chi connectivity index (χ1n) is 8.83. The lowest BCUT2D eigenvalue weighted by Crippen LogP contribution is -2.46. The molecule has 1 aliphatic rings. The first-order valence-corrected chi connectivity index (χ1v) is 8.83. The molecule has 1 saturated heterocycles. The number of carbonyl (C=O) groups is 1. The number of aryl methyl sites for hydroxylation is 2. The monoisotopic (exact) mass is 342 g/mol. The molecule has 6 nitrogen and oxygen atoms in total. The lowest BCUT2D eigenvalue weighted by molar-refractivity contribution is 0.129. The molecule has 0 spiro atoms. The van der Waals surface area contributed by atoms with Crippen LogP contribution in [0.5, 0.6) is 0 Å². The molecule has 0 unspecified atom stereocenters. The summed E-state index contributed by atoms with van der Waals surface area (Å²) < 4.78 is 1.92. The van der Waals surface area contributed by atoms with Gasteiger partial charge in [-0.3, -0.25) is 0 Å². The van der Waals surface area contributed by atoms with Crippen molar-refractivity contribution in [3.8, 4) is 5.69 Å². The maximum atomic E-state index is 12.5. The summed E-state index contributed by atoms with van der Waals surface area (Å²) in [5.41, 5.74) is 4.05. The number of aliphatic hydroxyl groups is 1. The van der Waals surface area contributed by atoms with Crippen LogP contribution >= 0.6 is 0 Å². The second-order valence-electron chi connectivity index (χ2n) is 6.76. The van der Waals surface area contributed by atoms with Gasteiger partial charge in [0, 0.05) is 31.9 Å². The number of aromatic nitrogens is 2. The maximum absolute atomic E-state index is 12.5. The van der Waals surface area contributed by atoms with Crippen molar-refractivity contribution in [3.05, 3.63) is 47.3 Å². The van der Waals surface area contributed by atoms with Gasteiger partial charge in [0.25, 0.3) is 0 Å². The Kier molecular flexibility index (Phi) is 5.38. The van der Waals surface area contributed by atoms with E-state index in [1.807, 2.05) is 48.9 Å². The topological polar surface area (TPSA) is 70.4 Å². The Morgan fingerprint density at radius 2 is 2.16 bits per heavy atom. The largest absolute Gasteiger partial charge is 0.396 e. The molecule has 6 heteroatoms. The van der Waals surface area contributed by atoms with Crippen LogP contribution in [0, 0.1) is 19.8 Å². The molecule has 1 fully saturated rings. The van der Waals surface area contributed by atoms with E-state index in [-0.39, 0.29) is 18.6 Å². The first-order chi connectivity index (χ1) is 12.1. The van der Waals surface area contributed by atoms with Gasteiger partial charge in [0.2, 0.25) is 0 Å². The summed E-state index contributed by atoms with van der Waals surface area (Å²) in [5, 5.41) is 16.9. The van der Waals surface area contributed by atoms with E-state index in [4.69, 9.17) is 0 Å². The van der Waals surface area contributed by atoms with Crippen LogP contribution < -0.4 is 5.32 Å². The van der Waals surface area contributed by atoms with Gasteiger partial charge in [-0.1, -0.05) is 18.2 Å². The number of piperidine rings is 1. The lowest BCUT2D eigenvalue weighted by Gasteiger charge is -2.31. The summed E-state index contributed by atoms with van der Waals surface area (Å²) in [4.78, 5) is 14.3. The third-order valence-electron chi connectivity index (χ3n) is 4.72. The van der Waals surface area contributed by atoms with Crippen LogP contribution in [0.15, 0.2) is 30.3 Å². The van der Waals surface area contributed by atoms with Crippen molar-refractivity contribution >= 4 is 6.03 Å². The number of rotatable bonds is 4. The van der Waals surface area contributed by atoms with Crippen molar-refractivity contribution in [3.63, 3.8) is 0 Å². The minimum absolute atomic E-state index is 0.0682. The average molecular weight is 342 g/mol. The zero-order valence-corrected chi connectivity index (χ0v) is 14.9. The second kappa shape index (κ2) is 7.70. The van der Waals surface area contributed by atoms with Crippen LogP contribution in [0.4, 0.5) is 4.79 Å². The van der Waals surface area contributed by atoms with E-state index < -0.39 is 0 Å². The van der Waals surface area contributed by atoms with Crippen LogP contribution in [0.25, 0.3) is 5.69 Å². The molecule has 25 heavy (non-hydrogen) atoms. The van der Waals surface area contributed by atoms with E-state index in [0.717, 1.165) is 42.0 Å². The number of para-hydroxylation sites is 1. The smallest absolute Gasteiger partial charge is 0.317 e. The van der Waals surface area contributed by atoms with Gasteiger partial charge in [-0.2, -0.15) is 5.10 Å². The summed E-state index contributed by atoms with van der Waals surface area (Å²) in [5.74, 6) is 0.196. The number of amides is 2. The number of nitrogens with zero attached hydrogens (tertiary/aromatic N) is 3. The number of benzene rings is 1. The average Bonchev–Trinajstić information content (AvgIpc) is 2.98. The molecule has 0 aliphatic carbocycles. The molecule has 0 saturated carbocycles. The number of nitrogens with one attached hydrogen (secondary N) is 1. The molecule has 1 atom stereocenters. The standard InChI is InChI=1S/C19H26N4O2/c1-14-10-15(2)23(21-14)18-8-4-3-7-17(18)11-20-19(25)22-9-5-6-16(12-22)13-24/h3-4,7-8,10,16,24H,5-6,9,11-13H2,1-2H3,(H,20,25)/t16-/m1/s1. The Morgan fingerprint density at radius 3 is 2.88 bits per heavy atom. The van der Waals surface area contributed by atoms with Crippen LogP contribution in [-0.2, 0) is 6.54 Å². The highest BCUT2D eigenvalue weighted by Gasteiger charge is 2.23. The van der Waals surface area contributed by atoms with Crippen LogP contribution in [-0.4, -0.2) is 45.5 Å². The van der Waals surface area contributed by atoms with Gasteiger partial charge in [0.1, 0.15) is 0 Å². The fourth-order valence-electron chi connectivity index (χ4n) is 3.42. The molecule has 1 aromatic heterocycles. The quantitative estimate of drug-likeness (QED) is 0.896. The number of urea groups is 1. The van der Waals surface area contributed by atoms with Gasteiger partial charge in [-0.25, -0.2) is 9.48 Å². The Labute approximate surface area is 148 Å². The van der Waals surface area contributed by atoms with Crippen molar-refractivity contribution in [2.45, 2.75) is 33.2 Å². The Hall–Kier alpha value is -2.34. The zero-order chi connectivity index (χ0) is 17.8. The van der Waals surface area contributed by atoms with Crippen molar-refractivity contribution < 1.29 is 9.90 Å². The minimum Gasteiger partial charge on any atom is -0.396 e. The van der Waals surface area contributed by atoms with Gasteiger partial charge < -0.3 is 15.3 Å². The summed E-state index contributed by atoms with van der Waals surface area (Å²) in [7, 11) is 0. The molecule has 1 aromatic carbocycles. The Balaban J connectivity index is 1.69. The van der Waals surface area contributed by atoms with Gasteiger partial charge in [-0.05, 0) is 50.3 Å². The van der Waals surface area contributed by atoms with E-state index >= 15 is 0 Å². The highest BCUT2D eigenvalue weighted by atomic mass is 16.3. The lowest BCUT2D eigenvalue weighted by atomic mass is 9.99. The van der Waals surface area contributed by atoms with Gasteiger partial charge in [0.05, 0.1) is 11.4 Å². The predicted octanol–water partition coefficient (Wildman–Crippen LogP) is 2.40. The van der Waals surface area contributed by atoms with E-state index in [1.165, 1.54) is 0 Å². The highest BCUT2D eigenvalue weighted by Crippen LogP contribution is 2.18. The van der Waals surface area contributed by atoms with E-state index in [9.17, 15) is 9.90 Å². The molecule has 134 valence electrons. The van der Waals surface area contributed by atoms with Crippen molar-refractivity contribution in [1.82, 2.24) is 20.0 Å². The molecule has 0 radical (unpaired) electrons. The Bertz CT molecular complexity index is 741. The molecule has 2 amide bonds. The van der Waals surface area contributed by atoms with Crippen LogP contribution in [0.1, 0.15) is 29.8 Å². The molecule has 2 aromatic rings. The van der Waals surface area contributed by atoms with Crippen molar-refractivity contribution in [1.29, 1.82) is 0 Å². The van der Waals surface area contributed by atoms with Gasteiger partial charge in [0.15, 0.2) is 0 Å². The van der Waals surface area contributed by atoms with Crippen molar-refractivity contribution in [2.24, 2.45) is 5.92 Å².